The topological polar surface area (TPSA) is 88.9 Å². The van der Waals surface area contributed by atoms with Crippen LogP contribution < -0.4 is 10.0 Å². The maximum absolute atomic E-state index is 11.9. The first-order chi connectivity index (χ1) is 9.03. The van der Waals surface area contributed by atoms with Crippen molar-refractivity contribution >= 4 is 15.7 Å². The number of sulfonamides is 1. The van der Waals surface area contributed by atoms with Crippen molar-refractivity contribution in [2.24, 2.45) is 7.05 Å². The van der Waals surface area contributed by atoms with Crippen molar-refractivity contribution in [1.82, 2.24) is 19.5 Å². The number of hydrogen-bond donors (Lipinski definition) is 2. The summed E-state index contributed by atoms with van der Waals surface area (Å²) in [6, 6.07) is 6.68. The van der Waals surface area contributed by atoms with Crippen LogP contribution in [0.25, 0.3) is 0 Å². The van der Waals surface area contributed by atoms with Crippen molar-refractivity contribution in [2.45, 2.75) is 11.4 Å². The highest BCUT2D eigenvalue weighted by Gasteiger charge is 2.15. The second-order valence-electron chi connectivity index (χ2n) is 3.89. The molecule has 1 aromatic heterocycles. The van der Waals surface area contributed by atoms with Gasteiger partial charge in [0.1, 0.15) is 11.2 Å². The number of rotatable bonds is 5. The molecule has 0 radical (unpaired) electrons. The largest absolute Gasteiger partial charge is 0.377 e. The van der Waals surface area contributed by atoms with Gasteiger partial charge >= 0.3 is 0 Å². The third-order valence-corrected chi connectivity index (χ3v) is 4.00. The molecule has 7 nitrogen and oxygen atoms in total. The first-order valence-corrected chi connectivity index (χ1v) is 7.12. The zero-order chi connectivity index (χ0) is 13.9. The van der Waals surface area contributed by atoms with Gasteiger partial charge in [-0.15, -0.1) is 0 Å². The average molecular weight is 281 g/mol. The van der Waals surface area contributed by atoms with Crippen molar-refractivity contribution in [2.75, 3.05) is 12.4 Å². The van der Waals surface area contributed by atoms with Crippen LogP contribution in [0.15, 0.2) is 35.5 Å². The summed E-state index contributed by atoms with van der Waals surface area (Å²) >= 11 is 0. The highest BCUT2D eigenvalue weighted by atomic mass is 32.2. The number of nitrogens with zero attached hydrogens (tertiary/aromatic N) is 3. The Hall–Kier alpha value is -1.93. The molecule has 8 heteroatoms. The molecule has 2 N–H and O–H groups in total. The number of aryl methyl sites for hydroxylation is 1. The Morgan fingerprint density at radius 2 is 2.05 bits per heavy atom. The van der Waals surface area contributed by atoms with E-state index >= 15 is 0 Å². The maximum Gasteiger partial charge on any atom is 0.242 e. The summed E-state index contributed by atoms with van der Waals surface area (Å²) in [4.78, 5) is 4.27. The van der Waals surface area contributed by atoms with Crippen LogP contribution in [0.5, 0.6) is 0 Å². The van der Waals surface area contributed by atoms with Crippen LogP contribution in [-0.2, 0) is 23.6 Å². The van der Waals surface area contributed by atoms with E-state index in [4.69, 9.17) is 0 Å². The first-order valence-electron chi connectivity index (χ1n) is 5.64. The van der Waals surface area contributed by atoms with E-state index in [-0.39, 0.29) is 4.90 Å². The zero-order valence-corrected chi connectivity index (χ0v) is 11.5. The molecule has 1 heterocycles. The first kappa shape index (κ1) is 13.5. The van der Waals surface area contributed by atoms with Crippen LogP contribution >= 0.6 is 0 Å². The van der Waals surface area contributed by atoms with E-state index in [1.807, 2.05) is 0 Å². The zero-order valence-electron chi connectivity index (χ0n) is 10.7. The molecule has 2 rings (SSSR count). The van der Waals surface area contributed by atoms with E-state index < -0.39 is 10.0 Å². The Labute approximate surface area is 111 Å². The normalized spacial score (nSPS) is 11.5. The molecular formula is C11H15N5O2S. The van der Waals surface area contributed by atoms with E-state index in [0.29, 0.717) is 18.1 Å². The molecule has 0 atom stereocenters. The quantitative estimate of drug-likeness (QED) is 0.824. The third kappa shape index (κ3) is 3.09. The van der Waals surface area contributed by atoms with Crippen LogP contribution in [0.4, 0.5) is 5.69 Å². The van der Waals surface area contributed by atoms with Gasteiger partial charge in [-0.1, -0.05) is 12.1 Å². The summed E-state index contributed by atoms with van der Waals surface area (Å²) in [7, 11) is -0.331. The van der Waals surface area contributed by atoms with E-state index in [0.717, 1.165) is 0 Å². The monoisotopic (exact) mass is 281 g/mol. The maximum atomic E-state index is 11.9. The van der Waals surface area contributed by atoms with Gasteiger partial charge in [0.25, 0.3) is 0 Å². The van der Waals surface area contributed by atoms with Crippen LogP contribution in [-0.4, -0.2) is 30.2 Å². The molecule has 0 aliphatic carbocycles. The molecule has 0 fully saturated rings. The van der Waals surface area contributed by atoms with Crippen LogP contribution in [0, 0.1) is 0 Å². The fraction of sp³-hybridized carbons (Fsp3) is 0.273. The predicted molar refractivity (Wildman–Crippen MR) is 71.0 cm³/mol. The minimum absolute atomic E-state index is 0.202. The molecule has 0 amide bonds. The molecule has 1 aromatic carbocycles. The van der Waals surface area contributed by atoms with Crippen molar-refractivity contribution in [1.29, 1.82) is 0 Å². The third-order valence-electron chi connectivity index (χ3n) is 2.53. The lowest BCUT2D eigenvalue weighted by Gasteiger charge is -2.10. The molecular weight excluding hydrogens is 266 g/mol. The van der Waals surface area contributed by atoms with E-state index in [9.17, 15) is 8.42 Å². The summed E-state index contributed by atoms with van der Waals surface area (Å²) < 4.78 is 27.6. The molecule has 0 unspecified atom stereocenters. The molecule has 0 saturated carbocycles. The second-order valence-corrected chi connectivity index (χ2v) is 5.75. The van der Waals surface area contributed by atoms with Gasteiger partial charge < -0.3 is 5.32 Å². The number of benzene rings is 1. The van der Waals surface area contributed by atoms with Gasteiger partial charge in [-0.3, -0.25) is 4.68 Å². The minimum Gasteiger partial charge on any atom is -0.377 e. The Morgan fingerprint density at radius 3 is 2.68 bits per heavy atom. The fourth-order valence-electron chi connectivity index (χ4n) is 1.60. The van der Waals surface area contributed by atoms with Gasteiger partial charge in [0.2, 0.25) is 10.0 Å². The number of hydrogen-bond acceptors (Lipinski definition) is 5. The van der Waals surface area contributed by atoms with Crippen molar-refractivity contribution in [3.8, 4) is 0 Å². The number of para-hydroxylation sites is 1. The standard InChI is InChI=1S/C11H15N5O2S/c1-12-19(17,18)10-6-4-3-5-9(10)13-7-11-14-8-16(2)15-11/h3-6,8,12-13H,7H2,1-2H3. The molecule has 0 aliphatic rings. The molecule has 0 bridgehead atoms. The lowest BCUT2D eigenvalue weighted by atomic mass is 10.3. The summed E-state index contributed by atoms with van der Waals surface area (Å²) in [5.74, 6) is 0.596. The van der Waals surface area contributed by atoms with E-state index in [1.165, 1.54) is 7.05 Å². The van der Waals surface area contributed by atoms with Gasteiger partial charge in [0.15, 0.2) is 5.82 Å². The van der Waals surface area contributed by atoms with Gasteiger partial charge in [-0.2, -0.15) is 5.10 Å². The highest BCUT2D eigenvalue weighted by molar-refractivity contribution is 7.89. The van der Waals surface area contributed by atoms with E-state index in [2.05, 4.69) is 20.1 Å². The Balaban J connectivity index is 2.21. The van der Waals surface area contributed by atoms with Crippen LogP contribution in [0.1, 0.15) is 5.82 Å². The van der Waals surface area contributed by atoms with Crippen LogP contribution in [0.2, 0.25) is 0 Å². The second kappa shape index (κ2) is 5.37. The number of anilines is 1. The highest BCUT2D eigenvalue weighted by Crippen LogP contribution is 2.20. The van der Waals surface area contributed by atoms with Gasteiger partial charge in [0, 0.05) is 7.05 Å². The summed E-state index contributed by atoms with van der Waals surface area (Å²) in [5.41, 5.74) is 0.518. The molecule has 0 saturated heterocycles. The van der Waals surface area contributed by atoms with Gasteiger partial charge in [0.05, 0.1) is 12.2 Å². The average Bonchev–Trinajstić information content (AvgIpc) is 2.82. The summed E-state index contributed by atoms with van der Waals surface area (Å²) in [5, 5.41) is 7.14. The molecule has 102 valence electrons. The summed E-state index contributed by atoms with van der Waals surface area (Å²) in [6.07, 6.45) is 1.59. The van der Waals surface area contributed by atoms with Gasteiger partial charge in [-0.05, 0) is 19.2 Å². The predicted octanol–water partition coefficient (Wildman–Crippen LogP) is 0.335. The van der Waals surface area contributed by atoms with E-state index in [1.54, 1.807) is 42.3 Å². The summed E-state index contributed by atoms with van der Waals surface area (Å²) in [6.45, 7) is 0.358. The molecule has 19 heavy (non-hydrogen) atoms. The molecule has 0 aliphatic heterocycles. The number of nitrogens with one attached hydrogen (secondary N) is 2. The molecule has 2 aromatic rings. The Kier molecular flexibility index (Phi) is 3.82. The Morgan fingerprint density at radius 1 is 1.32 bits per heavy atom. The Bertz CT molecular complexity index is 665. The van der Waals surface area contributed by atoms with Crippen molar-refractivity contribution < 1.29 is 8.42 Å². The van der Waals surface area contributed by atoms with Crippen molar-refractivity contribution in [3.63, 3.8) is 0 Å². The SMILES string of the molecule is CNS(=O)(=O)c1ccccc1NCc1ncn(C)n1. The fourth-order valence-corrected chi connectivity index (χ4v) is 2.50. The molecule has 0 spiro atoms. The number of aromatic nitrogens is 3. The minimum atomic E-state index is -3.49. The van der Waals surface area contributed by atoms with Crippen LogP contribution in [0.3, 0.4) is 0 Å². The lowest BCUT2D eigenvalue weighted by molar-refractivity contribution is 0.588. The lowest BCUT2D eigenvalue weighted by Crippen LogP contribution is -2.20. The van der Waals surface area contributed by atoms with Gasteiger partial charge in [-0.25, -0.2) is 18.1 Å². The smallest absolute Gasteiger partial charge is 0.242 e. The van der Waals surface area contributed by atoms with Crippen molar-refractivity contribution in [3.05, 3.63) is 36.4 Å².